The first-order chi connectivity index (χ1) is 13.4. The normalized spacial score (nSPS) is 11.0. The number of hydrazone groups is 1. The van der Waals surface area contributed by atoms with E-state index in [9.17, 15) is 14.9 Å². The van der Waals surface area contributed by atoms with E-state index in [4.69, 9.17) is 9.15 Å². The Morgan fingerprint density at radius 1 is 1.32 bits per heavy atom. The molecular formula is C19H18N4O5. The third kappa shape index (κ3) is 3.63. The maximum atomic E-state index is 11.9. The summed E-state index contributed by atoms with van der Waals surface area (Å²) >= 11 is 0. The second-order valence-corrected chi connectivity index (χ2v) is 5.95. The van der Waals surface area contributed by atoms with Gasteiger partial charge in [0, 0.05) is 29.1 Å². The van der Waals surface area contributed by atoms with Crippen LogP contribution in [0.4, 0.5) is 5.69 Å². The number of furan rings is 1. The number of carbonyl (C=O) groups is 1. The second kappa shape index (κ2) is 7.78. The highest BCUT2D eigenvalue weighted by molar-refractivity contribution is 5.92. The molecule has 0 bridgehead atoms. The number of rotatable bonds is 6. The minimum Gasteiger partial charge on any atom is -0.495 e. The molecule has 0 aliphatic carbocycles. The second-order valence-electron chi connectivity index (χ2n) is 5.95. The molecule has 0 radical (unpaired) electrons. The van der Waals surface area contributed by atoms with Crippen molar-refractivity contribution >= 4 is 17.8 Å². The van der Waals surface area contributed by atoms with Crippen LogP contribution in [0.5, 0.6) is 5.75 Å². The number of nitrogens with one attached hydrogen (secondary N) is 1. The lowest BCUT2D eigenvalue weighted by atomic mass is 10.2. The maximum Gasteiger partial charge on any atom is 0.307 e. The van der Waals surface area contributed by atoms with Gasteiger partial charge in [0.15, 0.2) is 5.76 Å². The van der Waals surface area contributed by atoms with Gasteiger partial charge in [-0.25, -0.2) is 5.43 Å². The van der Waals surface area contributed by atoms with Gasteiger partial charge in [-0.3, -0.25) is 14.9 Å². The lowest BCUT2D eigenvalue weighted by Crippen LogP contribution is -2.16. The lowest BCUT2D eigenvalue weighted by molar-refractivity contribution is -0.384. The number of nitro groups is 1. The number of carbonyl (C=O) groups excluding carboxylic acids is 1. The Balaban J connectivity index is 1.92. The summed E-state index contributed by atoms with van der Waals surface area (Å²) in [4.78, 5) is 22.5. The van der Waals surface area contributed by atoms with Crippen LogP contribution in [-0.2, 0) is 0 Å². The minimum absolute atomic E-state index is 0.0378. The van der Waals surface area contributed by atoms with Gasteiger partial charge in [0.25, 0.3) is 5.69 Å². The molecule has 9 nitrogen and oxygen atoms in total. The van der Waals surface area contributed by atoms with E-state index in [-0.39, 0.29) is 11.4 Å². The first-order valence-corrected chi connectivity index (χ1v) is 8.31. The molecule has 0 unspecified atom stereocenters. The molecule has 28 heavy (non-hydrogen) atoms. The van der Waals surface area contributed by atoms with Crippen molar-refractivity contribution in [3.05, 3.63) is 75.5 Å². The van der Waals surface area contributed by atoms with E-state index in [1.807, 2.05) is 24.5 Å². The summed E-state index contributed by atoms with van der Waals surface area (Å²) in [5.74, 6) is 0.196. The van der Waals surface area contributed by atoms with E-state index in [0.29, 0.717) is 11.4 Å². The maximum absolute atomic E-state index is 11.9. The van der Waals surface area contributed by atoms with E-state index in [1.165, 1.54) is 37.8 Å². The average molecular weight is 382 g/mol. The van der Waals surface area contributed by atoms with Gasteiger partial charge in [-0.2, -0.15) is 5.10 Å². The zero-order chi connectivity index (χ0) is 20.3. The van der Waals surface area contributed by atoms with Crippen molar-refractivity contribution in [1.82, 2.24) is 9.99 Å². The molecule has 0 fully saturated rings. The molecule has 1 aromatic carbocycles. The number of nitro benzene ring substituents is 1. The van der Waals surface area contributed by atoms with Crippen LogP contribution in [0.25, 0.3) is 5.69 Å². The quantitative estimate of drug-likeness (QED) is 0.399. The third-order valence-electron chi connectivity index (χ3n) is 4.20. The number of ether oxygens (including phenoxy) is 1. The van der Waals surface area contributed by atoms with Gasteiger partial charge >= 0.3 is 5.91 Å². The Morgan fingerprint density at radius 3 is 2.75 bits per heavy atom. The number of aromatic nitrogens is 1. The highest BCUT2D eigenvalue weighted by Crippen LogP contribution is 2.31. The van der Waals surface area contributed by atoms with Gasteiger partial charge in [0.1, 0.15) is 5.75 Å². The first-order valence-electron chi connectivity index (χ1n) is 8.31. The van der Waals surface area contributed by atoms with Gasteiger partial charge in [-0.15, -0.1) is 0 Å². The Bertz CT molecular complexity index is 1050. The van der Waals surface area contributed by atoms with Crippen molar-refractivity contribution in [1.29, 1.82) is 0 Å². The average Bonchev–Trinajstić information content (AvgIpc) is 3.30. The highest BCUT2D eigenvalue weighted by Gasteiger charge is 2.17. The van der Waals surface area contributed by atoms with E-state index in [2.05, 4.69) is 10.5 Å². The summed E-state index contributed by atoms with van der Waals surface area (Å²) in [6.45, 7) is 3.71. The van der Waals surface area contributed by atoms with Crippen molar-refractivity contribution in [3.8, 4) is 11.4 Å². The zero-order valence-electron chi connectivity index (χ0n) is 15.5. The number of amides is 1. The molecule has 2 heterocycles. The summed E-state index contributed by atoms with van der Waals surface area (Å²) < 4.78 is 12.2. The summed E-state index contributed by atoms with van der Waals surface area (Å²) in [5.41, 5.74) is 5.25. The molecule has 0 aliphatic heterocycles. The molecule has 1 N–H and O–H groups in total. The van der Waals surface area contributed by atoms with Crippen molar-refractivity contribution in [2.24, 2.45) is 5.10 Å². The van der Waals surface area contributed by atoms with Gasteiger partial charge in [-0.05, 0) is 38.1 Å². The number of non-ortho nitro benzene ring substituents is 1. The van der Waals surface area contributed by atoms with E-state index < -0.39 is 10.8 Å². The van der Waals surface area contributed by atoms with Crippen LogP contribution in [0, 0.1) is 24.0 Å². The van der Waals surface area contributed by atoms with Gasteiger partial charge in [0.05, 0.1) is 30.2 Å². The number of benzene rings is 1. The molecule has 0 atom stereocenters. The standard InChI is InChI=1S/C19H18N4O5/c1-12-9-14(11-20-21-19(24)18-5-4-8-28-18)13(2)22(12)16-10-15(23(25)26)6-7-17(16)27-3/h4-11H,1-3H3,(H,21,24)/b20-11-. The van der Waals surface area contributed by atoms with Crippen LogP contribution >= 0.6 is 0 Å². The summed E-state index contributed by atoms with van der Waals surface area (Å²) in [6, 6.07) is 9.41. The first kappa shape index (κ1) is 18.9. The van der Waals surface area contributed by atoms with E-state index in [0.717, 1.165) is 17.0 Å². The summed E-state index contributed by atoms with van der Waals surface area (Å²) in [5, 5.41) is 15.1. The van der Waals surface area contributed by atoms with Crippen LogP contribution in [0.1, 0.15) is 27.5 Å². The molecule has 9 heteroatoms. The van der Waals surface area contributed by atoms with Gasteiger partial charge < -0.3 is 13.7 Å². The van der Waals surface area contributed by atoms with Crippen LogP contribution in [0.2, 0.25) is 0 Å². The zero-order valence-corrected chi connectivity index (χ0v) is 15.5. The van der Waals surface area contributed by atoms with Gasteiger partial charge in [0.2, 0.25) is 0 Å². The Kier molecular flexibility index (Phi) is 5.25. The fourth-order valence-electron chi connectivity index (χ4n) is 2.88. The SMILES string of the molecule is COc1ccc([N+](=O)[O-])cc1-n1c(C)cc(/C=N\NC(=O)c2ccco2)c1C. The molecule has 0 saturated heterocycles. The van der Waals surface area contributed by atoms with Crippen LogP contribution in [0.3, 0.4) is 0 Å². The van der Waals surface area contributed by atoms with Crippen molar-refractivity contribution < 1.29 is 18.9 Å². The van der Waals surface area contributed by atoms with Gasteiger partial charge in [-0.1, -0.05) is 0 Å². The summed E-state index contributed by atoms with van der Waals surface area (Å²) in [6.07, 6.45) is 2.90. The summed E-state index contributed by atoms with van der Waals surface area (Å²) in [7, 11) is 1.51. The molecule has 0 aliphatic rings. The molecular weight excluding hydrogens is 364 g/mol. The number of methoxy groups -OCH3 is 1. The highest BCUT2D eigenvalue weighted by atomic mass is 16.6. The third-order valence-corrected chi connectivity index (χ3v) is 4.20. The largest absolute Gasteiger partial charge is 0.495 e. The number of hydrogen-bond donors (Lipinski definition) is 1. The number of hydrogen-bond acceptors (Lipinski definition) is 6. The van der Waals surface area contributed by atoms with Crippen LogP contribution in [0.15, 0.2) is 52.2 Å². The fraction of sp³-hybridized carbons (Fsp3) is 0.158. The monoisotopic (exact) mass is 382 g/mol. The number of nitrogens with zero attached hydrogens (tertiary/aromatic N) is 3. The van der Waals surface area contributed by atoms with Crippen molar-refractivity contribution in [3.63, 3.8) is 0 Å². The fourth-order valence-corrected chi connectivity index (χ4v) is 2.88. The minimum atomic E-state index is -0.463. The number of aryl methyl sites for hydroxylation is 1. The molecule has 0 saturated carbocycles. The van der Waals surface area contributed by atoms with E-state index >= 15 is 0 Å². The molecule has 0 spiro atoms. The Morgan fingerprint density at radius 2 is 2.11 bits per heavy atom. The molecule has 3 rings (SSSR count). The topological polar surface area (TPSA) is 112 Å². The molecule has 3 aromatic rings. The molecule has 1 amide bonds. The Labute approximate surface area is 160 Å². The predicted octanol–water partition coefficient (Wildman–Crippen LogP) is 3.37. The van der Waals surface area contributed by atoms with Crippen molar-refractivity contribution in [2.45, 2.75) is 13.8 Å². The van der Waals surface area contributed by atoms with E-state index in [1.54, 1.807) is 12.1 Å². The predicted molar refractivity (Wildman–Crippen MR) is 102 cm³/mol. The van der Waals surface area contributed by atoms with Crippen LogP contribution < -0.4 is 10.2 Å². The smallest absolute Gasteiger partial charge is 0.307 e. The van der Waals surface area contributed by atoms with Crippen molar-refractivity contribution in [2.75, 3.05) is 7.11 Å². The molecule has 2 aromatic heterocycles. The molecule has 144 valence electrons. The van der Waals surface area contributed by atoms with Crippen LogP contribution in [-0.4, -0.2) is 28.7 Å². The lowest BCUT2D eigenvalue weighted by Gasteiger charge is -2.13. The Hall–Kier alpha value is -3.88.